The molecule has 0 aliphatic carbocycles. The molecule has 26 heavy (non-hydrogen) atoms. The van der Waals surface area contributed by atoms with Crippen LogP contribution in [-0.2, 0) is 16.0 Å². The van der Waals surface area contributed by atoms with E-state index in [1.54, 1.807) is 36.3 Å². The number of carbonyl (C=O) groups is 2. The van der Waals surface area contributed by atoms with Gasteiger partial charge >= 0.3 is 0 Å². The minimum Gasteiger partial charge on any atom is -0.497 e. The summed E-state index contributed by atoms with van der Waals surface area (Å²) < 4.78 is 18.0. The average Bonchev–Trinajstić information content (AvgIpc) is 3.05. The fraction of sp³-hybridized carbons (Fsp3) is 0.300. The van der Waals surface area contributed by atoms with Gasteiger partial charge in [0.1, 0.15) is 11.6 Å². The highest BCUT2D eigenvalue weighted by atomic mass is 19.1. The zero-order valence-corrected chi connectivity index (χ0v) is 14.6. The molecule has 2 aromatic rings. The SMILES string of the molecule is COc1ccc(N2C[C@@H](C(=O)NCCc3ccc(F)cc3)CC2=O)cc1. The molecule has 1 aliphatic heterocycles. The number of ether oxygens (including phenoxy) is 1. The monoisotopic (exact) mass is 356 g/mol. The van der Waals surface area contributed by atoms with Crippen LogP contribution in [0.4, 0.5) is 10.1 Å². The number of halogens is 1. The molecular weight excluding hydrogens is 335 g/mol. The number of hydrogen-bond acceptors (Lipinski definition) is 3. The summed E-state index contributed by atoms with van der Waals surface area (Å²) in [6.45, 7) is 0.825. The smallest absolute Gasteiger partial charge is 0.227 e. The summed E-state index contributed by atoms with van der Waals surface area (Å²) in [5.74, 6) is -0.112. The summed E-state index contributed by atoms with van der Waals surface area (Å²) in [5, 5.41) is 2.87. The first-order valence-electron chi connectivity index (χ1n) is 8.53. The largest absolute Gasteiger partial charge is 0.497 e. The first-order chi connectivity index (χ1) is 12.6. The number of nitrogens with zero attached hydrogens (tertiary/aromatic N) is 1. The molecule has 0 saturated carbocycles. The van der Waals surface area contributed by atoms with Gasteiger partial charge in [-0.05, 0) is 48.4 Å². The van der Waals surface area contributed by atoms with Crippen LogP contribution in [0.25, 0.3) is 0 Å². The van der Waals surface area contributed by atoms with E-state index in [9.17, 15) is 14.0 Å². The Kier molecular flexibility index (Phi) is 5.51. The second kappa shape index (κ2) is 7.99. The zero-order chi connectivity index (χ0) is 18.5. The Labute approximate surface area is 151 Å². The lowest BCUT2D eigenvalue weighted by Gasteiger charge is -2.17. The standard InChI is InChI=1S/C20H21FN2O3/c1-26-18-8-6-17(7-9-18)23-13-15(12-19(23)24)20(25)22-11-10-14-2-4-16(21)5-3-14/h2-9,15H,10-13H2,1H3,(H,22,25)/t15-/m0/s1. The molecule has 1 N–H and O–H groups in total. The maximum atomic E-state index is 12.9. The number of methoxy groups -OCH3 is 1. The number of carbonyl (C=O) groups excluding carboxylic acids is 2. The topological polar surface area (TPSA) is 58.6 Å². The van der Waals surface area contributed by atoms with Crippen LogP contribution in [0.15, 0.2) is 48.5 Å². The third kappa shape index (κ3) is 4.20. The highest BCUT2D eigenvalue weighted by molar-refractivity contribution is 6.00. The molecule has 0 radical (unpaired) electrons. The van der Waals surface area contributed by atoms with Crippen molar-refractivity contribution < 1.29 is 18.7 Å². The van der Waals surface area contributed by atoms with E-state index in [2.05, 4.69) is 5.32 Å². The van der Waals surface area contributed by atoms with Crippen molar-refractivity contribution >= 4 is 17.5 Å². The van der Waals surface area contributed by atoms with E-state index >= 15 is 0 Å². The van der Waals surface area contributed by atoms with Crippen molar-refractivity contribution in [1.29, 1.82) is 0 Å². The molecule has 2 aromatic carbocycles. The first-order valence-corrected chi connectivity index (χ1v) is 8.53. The Morgan fingerprint density at radius 3 is 2.54 bits per heavy atom. The molecular formula is C20H21FN2O3. The normalized spacial score (nSPS) is 16.6. The van der Waals surface area contributed by atoms with Crippen LogP contribution in [0.2, 0.25) is 0 Å². The highest BCUT2D eigenvalue weighted by Crippen LogP contribution is 2.26. The van der Waals surface area contributed by atoms with Gasteiger partial charge in [0.2, 0.25) is 11.8 Å². The van der Waals surface area contributed by atoms with E-state index in [1.165, 1.54) is 12.1 Å². The lowest BCUT2D eigenvalue weighted by atomic mass is 10.1. The minimum absolute atomic E-state index is 0.0612. The molecule has 0 bridgehead atoms. The van der Waals surface area contributed by atoms with Crippen molar-refractivity contribution in [2.24, 2.45) is 5.92 Å². The summed E-state index contributed by atoms with van der Waals surface area (Å²) in [4.78, 5) is 26.2. The van der Waals surface area contributed by atoms with Gasteiger partial charge in [-0.1, -0.05) is 12.1 Å². The van der Waals surface area contributed by atoms with Crippen LogP contribution in [0.1, 0.15) is 12.0 Å². The van der Waals surface area contributed by atoms with Gasteiger partial charge in [-0.15, -0.1) is 0 Å². The number of benzene rings is 2. The van der Waals surface area contributed by atoms with E-state index < -0.39 is 0 Å². The Hall–Kier alpha value is -2.89. The summed E-state index contributed by atoms with van der Waals surface area (Å²) in [7, 11) is 1.59. The maximum absolute atomic E-state index is 12.9. The molecule has 0 unspecified atom stereocenters. The van der Waals surface area contributed by atoms with Crippen molar-refractivity contribution in [2.75, 3.05) is 25.1 Å². The molecule has 0 spiro atoms. The molecule has 1 atom stereocenters. The van der Waals surface area contributed by atoms with Gasteiger partial charge in [0.25, 0.3) is 0 Å². The molecule has 6 heteroatoms. The van der Waals surface area contributed by atoms with Gasteiger partial charge in [-0.2, -0.15) is 0 Å². The second-order valence-electron chi connectivity index (χ2n) is 6.27. The lowest BCUT2D eigenvalue weighted by Crippen LogP contribution is -2.34. The average molecular weight is 356 g/mol. The van der Waals surface area contributed by atoms with Crippen LogP contribution >= 0.6 is 0 Å². The number of hydrogen-bond donors (Lipinski definition) is 1. The van der Waals surface area contributed by atoms with Crippen molar-refractivity contribution in [1.82, 2.24) is 5.32 Å². The molecule has 1 fully saturated rings. The number of rotatable bonds is 6. The fourth-order valence-corrected chi connectivity index (χ4v) is 3.02. The summed E-state index contributed by atoms with van der Waals surface area (Å²) in [6, 6.07) is 13.4. The summed E-state index contributed by atoms with van der Waals surface area (Å²) >= 11 is 0. The van der Waals surface area contributed by atoms with Gasteiger partial charge in [0.05, 0.1) is 13.0 Å². The number of nitrogens with one attached hydrogen (secondary N) is 1. The molecule has 1 aliphatic rings. The Morgan fingerprint density at radius 2 is 1.88 bits per heavy atom. The fourth-order valence-electron chi connectivity index (χ4n) is 3.02. The van der Waals surface area contributed by atoms with E-state index in [4.69, 9.17) is 4.74 Å². The van der Waals surface area contributed by atoms with Gasteiger partial charge in [-0.3, -0.25) is 9.59 Å². The van der Waals surface area contributed by atoms with Crippen LogP contribution in [0.5, 0.6) is 5.75 Å². The Balaban J connectivity index is 1.52. The minimum atomic E-state index is -0.363. The third-order valence-corrected chi connectivity index (χ3v) is 4.51. The van der Waals surface area contributed by atoms with Gasteiger partial charge < -0.3 is 15.0 Å². The van der Waals surface area contributed by atoms with Gasteiger partial charge in [0.15, 0.2) is 0 Å². The molecule has 0 aromatic heterocycles. The summed E-state index contributed by atoms with van der Waals surface area (Å²) in [5.41, 5.74) is 1.71. The molecule has 2 amide bonds. The number of anilines is 1. The van der Waals surface area contributed by atoms with Crippen LogP contribution in [0, 0.1) is 11.7 Å². The lowest BCUT2D eigenvalue weighted by molar-refractivity contribution is -0.126. The van der Waals surface area contributed by atoms with E-state index in [0.717, 1.165) is 17.0 Å². The van der Waals surface area contributed by atoms with Crippen molar-refractivity contribution in [3.63, 3.8) is 0 Å². The predicted octanol–water partition coefficient (Wildman–Crippen LogP) is 2.55. The van der Waals surface area contributed by atoms with Crippen LogP contribution < -0.4 is 15.0 Å². The second-order valence-corrected chi connectivity index (χ2v) is 6.27. The van der Waals surface area contributed by atoms with Gasteiger partial charge in [-0.25, -0.2) is 4.39 Å². The highest BCUT2D eigenvalue weighted by Gasteiger charge is 2.34. The predicted molar refractivity (Wildman–Crippen MR) is 96.6 cm³/mol. The molecule has 136 valence electrons. The molecule has 3 rings (SSSR count). The molecule has 1 saturated heterocycles. The van der Waals surface area contributed by atoms with Crippen molar-refractivity contribution in [3.05, 3.63) is 59.9 Å². The van der Waals surface area contributed by atoms with Crippen LogP contribution in [0.3, 0.4) is 0 Å². The van der Waals surface area contributed by atoms with E-state index in [0.29, 0.717) is 19.5 Å². The summed E-state index contributed by atoms with van der Waals surface area (Å²) in [6.07, 6.45) is 0.823. The van der Waals surface area contributed by atoms with Gasteiger partial charge in [0, 0.05) is 25.2 Å². The van der Waals surface area contributed by atoms with E-state index in [-0.39, 0.29) is 30.0 Å². The first kappa shape index (κ1) is 17.9. The Morgan fingerprint density at radius 1 is 1.19 bits per heavy atom. The van der Waals surface area contributed by atoms with E-state index in [1.807, 2.05) is 12.1 Å². The quantitative estimate of drug-likeness (QED) is 0.865. The molecule has 5 nitrogen and oxygen atoms in total. The third-order valence-electron chi connectivity index (χ3n) is 4.51. The number of amides is 2. The van der Waals surface area contributed by atoms with Crippen molar-refractivity contribution in [3.8, 4) is 5.75 Å². The maximum Gasteiger partial charge on any atom is 0.227 e. The van der Waals surface area contributed by atoms with Crippen LogP contribution in [-0.4, -0.2) is 32.0 Å². The van der Waals surface area contributed by atoms with Crippen molar-refractivity contribution in [2.45, 2.75) is 12.8 Å². The molecule has 1 heterocycles. The zero-order valence-electron chi connectivity index (χ0n) is 14.6. The Bertz CT molecular complexity index is 775.